The van der Waals surface area contributed by atoms with Crippen molar-refractivity contribution in [2.45, 2.75) is 24.4 Å². The van der Waals surface area contributed by atoms with Gasteiger partial charge < -0.3 is 24.0 Å². The molecule has 3 aromatic rings. The standard InChI is InChI=1S/C28H28BrN3O5/c1-31-14-24(29)30-26(31)28(37-16-25(33)34)11-10-17-12-32(13-23(17)28)27(35)36-15-22-20-8-4-2-6-18(20)19-7-3-5-9-21(19)22/h2-9,14,17,22-23H,10-13,15-16H2,1H3,(H,33,34). The van der Waals surface area contributed by atoms with Crippen molar-refractivity contribution < 1.29 is 24.2 Å². The first-order valence-corrected chi connectivity index (χ1v) is 13.3. The van der Waals surface area contributed by atoms with E-state index in [1.165, 1.54) is 22.3 Å². The van der Waals surface area contributed by atoms with Crippen LogP contribution in [0, 0.1) is 11.8 Å². The number of rotatable bonds is 6. The Hall–Kier alpha value is -3.17. The quantitative estimate of drug-likeness (QED) is 0.462. The molecule has 1 amide bonds. The number of likely N-dealkylation sites (tertiary alicyclic amines) is 1. The highest BCUT2D eigenvalue weighted by Gasteiger charge is 2.57. The number of carbonyl (C=O) groups excluding carboxylic acids is 1. The molecule has 2 aliphatic carbocycles. The Kier molecular flexibility index (Phi) is 6.07. The fourth-order valence-electron chi connectivity index (χ4n) is 6.65. The topological polar surface area (TPSA) is 93.9 Å². The fourth-order valence-corrected chi connectivity index (χ4v) is 7.12. The van der Waals surface area contributed by atoms with Crippen LogP contribution >= 0.6 is 15.9 Å². The van der Waals surface area contributed by atoms with Crippen LogP contribution in [0.3, 0.4) is 0 Å². The van der Waals surface area contributed by atoms with E-state index in [9.17, 15) is 14.7 Å². The van der Waals surface area contributed by atoms with E-state index in [0.29, 0.717) is 29.9 Å². The molecule has 3 atom stereocenters. The third kappa shape index (κ3) is 4.05. The smallest absolute Gasteiger partial charge is 0.409 e. The van der Waals surface area contributed by atoms with Crippen molar-refractivity contribution in [2.75, 3.05) is 26.3 Å². The number of ether oxygens (including phenoxy) is 2. The van der Waals surface area contributed by atoms with Gasteiger partial charge >= 0.3 is 12.1 Å². The van der Waals surface area contributed by atoms with Crippen LogP contribution in [0.25, 0.3) is 11.1 Å². The molecular formula is C28H28BrN3O5. The lowest BCUT2D eigenvalue weighted by atomic mass is 9.87. The minimum atomic E-state index is -1.03. The number of carboxylic acids is 1. The molecule has 2 aromatic carbocycles. The summed E-state index contributed by atoms with van der Waals surface area (Å²) >= 11 is 3.43. The number of halogens is 1. The molecule has 1 saturated carbocycles. The van der Waals surface area contributed by atoms with E-state index in [1.54, 1.807) is 4.90 Å². The number of aryl methyl sites for hydroxylation is 1. The number of amides is 1. The first-order chi connectivity index (χ1) is 17.9. The van der Waals surface area contributed by atoms with Gasteiger partial charge in [0, 0.05) is 38.2 Å². The van der Waals surface area contributed by atoms with Crippen molar-refractivity contribution in [1.29, 1.82) is 0 Å². The van der Waals surface area contributed by atoms with E-state index in [-0.39, 0.29) is 30.5 Å². The van der Waals surface area contributed by atoms with Gasteiger partial charge in [0.2, 0.25) is 0 Å². The zero-order valence-electron chi connectivity index (χ0n) is 20.5. The van der Waals surface area contributed by atoms with Gasteiger partial charge in [0.1, 0.15) is 29.2 Å². The van der Waals surface area contributed by atoms with Crippen molar-refractivity contribution in [2.24, 2.45) is 18.9 Å². The molecule has 3 aliphatic rings. The van der Waals surface area contributed by atoms with Crippen LogP contribution in [0.2, 0.25) is 0 Å². The summed E-state index contributed by atoms with van der Waals surface area (Å²) in [6.07, 6.45) is 2.98. The van der Waals surface area contributed by atoms with Crippen LogP contribution in [-0.2, 0) is 26.9 Å². The number of hydrogen-bond donors (Lipinski definition) is 1. The summed E-state index contributed by atoms with van der Waals surface area (Å²) in [7, 11) is 1.88. The summed E-state index contributed by atoms with van der Waals surface area (Å²) < 4.78 is 14.6. The van der Waals surface area contributed by atoms with Gasteiger partial charge in [0.05, 0.1) is 0 Å². The van der Waals surface area contributed by atoms with Crippen LogP contribution in [0.1, 0.15) is 35.7 Å². The number of aliphatic carboxylic acids is 1. The normalized spacial score (nSPS) is 24.1. The van der Waals surface area contributed by atoms with Gasteiger partial charge in [0.25, 0.3) is 0 Å². The lowest BCUT2D eigenvalue weighted by Crippen LogP contribution is -2.42. The number of hydrogen-bond acceptors (Lipinski definition) is 5. The largest absolute Gasteiger partial charge is 0.480 e. The van der Waals surface area contributed by atoms with Crippen LogP contribution < -0.4 is 0 Å². The third-order valence-electron chi connectivity index (χ3n) is 8.20. The SMILES string of the molecule is Cn1cc(Br)nc1C1(OCC(=O)O)CCC2CN(C(=O)OCC3c4ccccc4-c4ccccc43)CC21. The Labute approximate surface area is 223 Å². The highest BCUT2D eigenvalue weighted by Crippen LogP contribution is 2.53. The van der Waals surface area contributed by atoms with Crippen molar-refractivity contribution in [3.8, 4) is 11.1 Å². The molecule has 192 valence electrons. The van der Waals surface area contributed by atoms with Crippen LogP contribution in [0.5, 0.6) is 0 Å². The number of benzene rings is 2. The van der Waals surface area contributed by atoms with E-state index in [0.717, 1.165) is 6.42 Å². The van der Waals surface area contributed by atoms with E-state index < -0.39 is 18.2 Å². The second kappa shape index (κ2) is 9.29. The summed E-state index contributed by atoms with van der Waals surface area (Å²) in [4.78, 5) is 31.1. The number of fused-ring (bicyclic) bond motifs is 4. The summed E-state index contributed by atoms with van der Waals surface area (Å²) in [5.41, 5.74) is 3.86. The van der Waals surface area contributed by atoms with Gasteiger partial charge in [-0.1, -0.05) is 48.5 Å². The third-order valence-corrected chi connectivity index (χ3v) is 8.58. The maximum Gasteiger partial charge on any atom is 0.409 e. The summed E-state index contributed by atoms with van der Waals surface area (Å²) in [6.45, 7) is 0.848. The number of aromatic nitrogens is 2. The number of imidazole rings is 1. The van der Waals surface area contributed by atoms with E-state index >= 15 is 0 Å². The van der Waals surface area contributed by atoms with Crippen molar-refractivity contribution >= 4 is 28.0 Å². The number of carboxylic acid groups (broad SMARTS) is 1. The number of carbonyl (C=O) groups is 2. The maximum atomic E-state index is 13.3. The molecule has 1 aliphatic heterocycles. The van der Waals surface area contributed by atoms with E-state index in [4.69, 9.17) is 9.47 Å². The van der Waals surface area contributed by atoms with Crippen molar-refractivity contribution in [1.82, 2.24) is 14.5 Å². The molecule has 1 saturated heterocycles. The Morgan fingerprint density at radius 1 is 1.11 bits per heavy atom. The monoisotopic (exact) mass is 565 g/mol. The fraction of sp³-hybridized carbons (Fsp3) is 0.393. The van der Waals surface area contributed by atoms with Crippen LogP contribution in [0.15, 0.2) is 59.3 Å². The Morgan fingerprint density at radius 3 is 2.41 bits per heavy atom. The highest BCUT2D eigenvalue weighted by atomic mass is 79.9. The average Bonchev–Trinajstić information content (AvgIpc) is 3.63. The molecule has 8 nitrogen and oxygen atoms in total. The molecule has 2 heterocycles. The van der Waals surface area contributed by atoms with Crippen LogP contribution in [-0.4, -0.2) is 57.9 Å². The van der Waals surface area contributed by atoms with Crippen LogP contribution in [0.4, 0.5) is 4.79 Å². The van der Waals surface area contributed by atoms with E-state index in [2.05, 4.69) is 45.2 Å². The van der Waals surface area contributed by atoms with E-state index in [1.807, 2.05) is 42.1 Å². The first-order valence-electron chi connectivity index (χ1n) is 12.5. The van der Waals surface area contributed by atoms with Gasteiger partial charge in [-0.25, -0.2) is 14.6 Å². The molecule has 0 radical (unpaired) electrons. The molecule has 2 fully saturated rings. The Balaban J connectivity index is 1.20. The Bertz CT molecular complexity index is 1330. The minimum Gasteiger partial charge on any atom is -0.480 e. The summed E-state index contributed by atoms with van der Waals surface area (Å²) in [5.74, 6) is -0.226. The summed E-state index contributed by atoms with van der Waals surface area (Å²) in [6, 6.07) is 16.6. The zero-order valence-corrected chi connectivity index (χ0v) is 22.1. The predicted octanol–water partition coefficient (Wildman–Crippen LogP) is 4.77. The molecule has 0 spiro atoms. The molecule has 37 heavy (non-hydrogen) atoms. The van der Waals surface area contributed by atoms with Crippen molar-refractivity contribution in [3.05, 3.63) is 76.3 Å². The zero-order chi connectivity index (χ0) is 25.7. The van der Waals surface area contributed by atoms with Gasteiger partial charge in [-0.2, -0.15) is 0 Å². The minimum absolute atomic E-state index is 0.00126. The average molecular weight is 566 g/mol. The van der Waals surface area contributed by atoms with Gasteiger partial charge in [0.15, 0.2) is 0 Å². The molecule has 1 aromatic heterocycles. The second-order valence-electron chi connectivity index (χ2n) is 10.2. The van der Waals surface area contributed by atoms with Crippen molar-refractivity contribution in [3.63, 3.8) is 0 Å². The summed E-state index contributed by atoms with van der Waals surface area (Å²) in [5, 5.41) is 9.36. The Morgan fingerprint density at radius 2 is 1.78 bits per heavy atom. The lowest BCUT2D eigenvalue weighted by Gasteiger charge is -2.34. The maximum absolute atomic E-state index is 13.3. The van der Waals surface area contributed by atoms with Gasteiger partial charge in [-0.3, -0.25) is 0 Å². The molecule has 3 unspecified atom stereocenters. The second-order valence-corrected chi connectivity index (χ2v) is 11.0. The molecule has 0 bridgehead atoms. The highest BCUT2D eigenvalue weighted by molar-refractivity contribution is 9.10. The van der Waals surface area contributed by atoms with Gasteiger partial charge in [-0.15, -0.1) is 0 Å². The molecule has 1 N–H and O–H groups in total. The van der Waals surface area contributed by atoms with Gasteiger partial charge in [-0.05, 0) is 56.9 Å². The number of nitrogens with zero attached hydrogens (tertiary/aromatic N) is 3. The first kappa shape index (κ1) is 24.2. The predicted molar refractivity (Wildman–Crippen MR) is 139 cm³/mol. The lowest BCUT2D eigenvalue weighted by molar-refractivity contribution is -0.155. The molecular weight excluding hydrogens is 538 g/mol. The molecule has 6 rings (SSSR count). The molecule has 9 heteroatoms.